The summed E-state index contributed by atoms with van der Waals surface area (Å²) in [5.74, 6) is 5.71. The predicted molar refractivity (Wildman–Crippen MR) is 68.5 cm³/mol. The molecular weight excluding hydrogens is 214 g/mol. The first-order valence-electron chi connectivity index (χ1n) is 5.61. The molecule has 1 aromatic rings. The molecule has 1 amide bonds. The molecule has 0 aliphatic heterocycles. The lowest BCUT2D eigenvalue weighted by Gasteiger charge is -2.07. The molecule has 0 fully saturated rings. The van der Waals surface area contributed by atoms with Crippen LogP contribution < -0.4 is 5.32 Å². The van der Waals surface area contributed by atoms with E-state index in [1.54, 1.807) is 6.07 Å². The molecule has 0 saturated heterocycles. The third-order valence-electron chi connectivity index (χ3n) is 2.05. The van der Waals surface area contributed by atoms with E-state index in [0.717, 1.165) is 11.3 Å². The first kappa shape index (κ1) is 13.3. The molecule has 0 aliphatic rings. The van der Waals surface area contributed by atoms with Crippen LogP contribution in [0.2, 0.25) is 0 Å². The minimum Gasteiger partial charge on any atom is -0.384 e. The normalized spacial score (nSPS) is 9.65. The van der Waals surface area contributed by atoms with Crippen LogP contribution in [-0.2, 0) is 4.79 Å². The highest BCUT2D eigenvalue weighted by Crippen LogP contribution is 2.11. The number of amides is 1. The van der Waals surface area contributed by atoms with Crippen LogP contribution in [0, 0.1) is 17.8 Å². The van der Waals surface area contributed by atoms with E-state index < -0.39 is 0 Å². The van der Waals surface area contributed by atoms with Crippen molar-refractivity contribution in [3.8, 4) is 11.8 Å². The van der Waals surface area contributed by atoms with Gasteiger partial charge in [0.2, 0.25) is 5.91 Å². The van der Waals surface area contributed by atoms with E-state index in [1.807, 2.05) is 32.0 Å². The van der Waals surface area contributed by atoms with Gasteiger partial charge in [0.25, 0.3) is 0 Å². The van der Waals surface area contributed by atoms with Crippen molar-refractivity contribution in [3.05, 3.63) is 29.8 Å². The zero-order valence-electron chi connectivity index (χ0n) is 10.2. The first-order valence-corrected chi connectivity index (χ1v) is 5.61. The van der Waals surface area contributed by atoms with Crippen molar-refractivity contribution in [2.24, 2.45) is 5.92 Å². The molecule has 0 aliphatic carbocycles. The van der Waals surface area contributed by atoms with Crippen LogP contribution in [0.5, 0.6) is 0 Å². The highest BCUT2D eigenvalue weighted by Gasteiger charge is 2.04. The van der Waals surface area contributed by atoms with Crippen molar-refractivity contribution in [1.29, 1.82) is 0 Å². The summed E-state index contributed by atoms with van der Waals surface area (Å²) >= 11 is 0. The highest BCUT2D eigenvalue weighted by atomic mass is 16.2. The number of rotatable bonds is 3. The van der Waals surface area contributed by atoms with Gasteiger partial charge in [0, 0.05) is 17.7 Å². The van der Waals surface area contributed by atoms with E-state index in [4.69, 9.17) is 5.11 Å². The Kier molecular flexibility index (Phi) is 5.25. The number of hydrogen-bond acceptors (Lipinski definition) is 2. The Morgan fingerprint density at radius 3 is 2.88 bits per heavy atom. The first-order chi connectivity index (χ1) is 8.11. The van der Waals surface area contributed by atoms with E-state index in [-0.39, 0.29) is 12.5 Å². The second-order valence-electron chi connectivity index (χ2n) is 4.19. The Hall–Kier alpha value is -1.79. The lowest BCUT2D eigenvalue weighted by Crippen LogP contribution is -2.13. The standard InChI is InChI=1S/C14H17NO2/c1-11(2)9-14(17)15-13-7-3-5-12(10-13)6-4-8-16/h3,5,7,10-11,16H,8-9H2,1-2H3,(H,15,17). The van der Waals surface area contributed by atoms with Crippen LogP contribution in [0.4, 0.5) is 5.69 Å². The number of benzene rings is 1. The van der Waals surface area contributed by atoms with Crippen molar-refractivity contribution in [2.75, 3.05) is 11.9 Å². The van der Waals surface area contributed by atoms with Crippen molar-refractivity contribution < 1.29 is 9.90 Å². The molecule has 0 heterocycles. The van der Waals surface area contributed by atoms with E-state index in [1.165, 1.54) is 0 Å². The van der Waals surface area contributed by atoms with Crippen LogP contribution in [0.25, 0.3) is 0 Å². The minimum atomic E-state index is -0.163. The molecule has 1 aromatic carbocycles. The summed E-state index contributed by atoms with van der Waals surface area (Å²) in [6, 6.07) is 7.27. The van der Waals surface area contributed by atoms with E-state index in [2.05, 4.69) is 17.2 Å². The summed E-state index contributed by atoms with van der Waals surface area (Å²) in [7, 11) is 0. The topological polar surface area (TPSA) is 49.3 Å². The zero-order valence-corrected chi connectivity index (χ0v) is 10.2. The summed E-state index contributed by atoms with van der Waals surface area (Å²) in [6.07, 6.45) is 0.506. The fourth-order valence-corrected chi connectivity index (χ4v) is 1.40. The van der Waals surface area contributed by atoms with Crippen molar-refractivity contribution in [1.82, 2.24) is 0 Å². The Morgan fingerprint density at radius 2 is 2.24 bits per heavy atom. The van der Waals surface area contributed by atoms with Gasteiger partial charge in [0.1, 0.15) is 6.61 Å². The number of carbonyl (C=O) groups is 1. The fraction of sp³-hybridized carbons (Fsp3) is 0.357. The average molecular weight is 231 g/mol. The van der Waals surface area contributed by atoms with Gasteiger partial charge in [-0.1, -0.05) is 31.8 Å². The van der Waals surface area contributed by atoms with Gasteiger partial charge in [0.15, 0.2) is 0 Å². The molecule has 3 heteroatoms. The SMILES string of the molecule is CC(C)CC(=O)Nc1cccc(C#CCO)c1. The Morgan fingerprint density at radius 1 is 1.47 bits per heavy atom. The molecule has 17 heavy (non-hydrogen) atoms. The molecule has 1 rings (SSSR count). The number of hydrogen-bond donors (Lipinski definition) is 2. The number of anilines is 1. The third-order valence-corrected chi connectivity index (χ3v) is 2.05. The lowest BCUT2D eigenvalue weighted by molar-refractivity contribution is -0.116. The molecule has 3 nitrogen and oxygen atoms in total. The van der Waals surface area contributed by atoms with Gasteiger partial charge in [-0.2, -0.15) is 0 Å². The molecule has 0 radical (unpaired) electrons. The number of aliphatic hydroxyl groups excluding tert-OH is 1. The molecule has 0 bridgehead atoms. The van der Waals surface area contributed by atoms with Crippen LogP contribution in [0.15, 0.2) is 24.3 Å². The monoisotopic (exact) mass is 231 g/mol. The molecule has 90 valence electrons. The average Bonchev–Trinajstić information content (AvgIpc) is 2.25. The molecular formula is C14H17NO2. The third kappa shape index (κ3) is 5.19. The summed E-state index contributed by atoms with van der Waals surface area (Å²) in [6.45, 7) is 3.84. The van der Waals surface area contributed by atoms with E-state index >= 15 is 0 Å². The lowest BCUT2D eigenvalue weighted by atomic mass is 10.1. The maximum atomic E-state index is 11.6. The van der Waals surface area contributed by atoms with Gasteiger partial charge in [-0.3, -0.25) is 4.79 Å². The largest absolute Gasteiger partial charge is 0.384 e. The van der Waals surface area contributed by atoms with Crippen LogP contribution in [-0.4, -0.2) is 17.6 Å². The zero-order chi connectivity index (χ0) is 12.7. The summed E-state index contributed by atoms with van der Waals surface area (Å²) in [5, 5.41) is 11.4. The van der Waals surface area contributed by atoms with E-state index in [0.29, 0.717) is 12.3 Å². The molecule has 2 N–H and O–H groups in total. The van der Waals surface area contributed by atoms with Gasteiger partial charge in [-0.25, -0.2) is 0 Å². The van der Waals surface area contributed by atoms with Crippen LogP contribution in [0.3, 0.4) is 0 Å². The molecule has 0 aromatic heterocycles. The van der Waals surface area contributed by atoms with Gasteiger partial charge in [0.05, 0.1) is 0 Å². The van der Waals surface area contributed by atoms with Crippen LogP contribution >= 0.6 is 0 Å². The number of carbonyl (C=O) groups excluding carboxylic acids is 1. The Labute approximate surface area is 102 Å². The second kappa shape index (κ2) is 6.72. The van der Waals surface area contributed by atoms with Gasteiger partial charge < -0.3 is 10.4 Å². The van der Waals surface area contributed by atoms with Gasteiger partial charge in [-0.15, -0.1) is 0 Å². The smallest absolute Gasteiger partial charge is 0.224 e. The van der Waals surface area contributed by atoms with Crippen molar-refractivity contribution in [2.45, 2.75) is 20.3 Å². The molecule has 0 spiro atoms. The Balaban J connectivity index is 2.68. The summed E-state index contributed by atoms with van der Waals surface area (Å²) in [5.41, 5.74) is 1.52. The Bertz CT molecular complexity index is 441. The summed E-state index contributed by atoms with van der Waals surface area (Å²) < 4.78 is 0. The predicted octanol–water partition coefficient (Wildman–Crippen LogP) is 2.01. The van der Waals surface area contributed by atoms with Gasteiger partial charge in [-0.05, 0) is 24.1 Å². The highest BCUT2D eigenvalue weighted by molar-refractivity contribution is 5.90. The fourth-order valence-electron chi connectivity index (χ4n) is 1.40. The van der Waals surface area contributed by atoms with E-state index in [9.17, 15) is 4.79 Å². The van der Waals surface area contributed by atoms with Gasteiger partial charge >= 0.3 is 0 Å². The summed E-state index contributed by atoms with van der Waals surface area (Å²) in [4.78, 5) is 11.6. The molecule has 0 saturated carbocycles. The number of aliphatic hydroxyl groups is 1. The number of nitrogens with one attached hydrogen (secondary N) is 1. The maximum Gasteiger partial charge on any atom is 0.224 e. The van der Waals surface area contributed by atoms with Crippen molar-refractivity contribution in [3.63, 3.8) is 0 Å². The second-order valence-corrected chi connectivity index (χ2v) is 4.19. The quantitative estimate of drug-likeness (QED) is 0.782. The van der Waals surface area contributed by atoms with Crippen LogP contribution in [0.1, 0.15) is 25.8 Å². The molecule has 0 unspecified atom stereocenters. The van der Waals surface area contributed by atoms with Crippen molar-refractivity contribution >= 4 is 11.6 Å². The maximum absolute atomic E-state index is 11.6. The molecule has 0 atom stereocenters. The minimum absolute atomic E-state index is 0.00673.